The van der Waals surface area contributed by atoms with Gasteiger partial charge in [0.1, 0.15) is 17.1 Å². The number of carbonyl (C=O) groups excluding carboxylic acids is 1. The highest BCUT2D eigenvalue weighted by molar-refractivity contribution is 6.32. The molecule has 2 atom stereocenters. The average Bonchev–Trinajstić information content (AvgIpc) is 2.29. The van der Waals surface area contributed by atoms with Crippen molar-refractivity contribution < 1.29 is 13.9 Å². The number of pyridine rings is 1. The normalized spacial score (nSPS) is 25.2. The Balaban J connectivity index is 2.09. The summed E-state index contributed by atoms with van der Waals surface area (Å²) >= 11 is 5.81. The Kier molecular flexibility index (Phi) is 4.33. The first-order valence-electron chi connectivity index (χ1n) is 6.79. The Morgan fingerprint density at radius 3 is 2.85 bits per heavy atom. The van der Waals surface area contributed by atoms with Crippen molar-refractivity contribution in [1.29, 1.82) is 0 Å². The molecule has 2 unspecified atom stereocenters. The summed E-state index contributed by atoms with van der Waals surface area (Å²) < 4.78 is 18.6. The van der Waals surface area contributed by atoms with Crippen LogP contribution in [0.25, 0.3) is 0 Å². The summed E-state index contributed by atoms with van der Waals surface area (Å²) in [6.07, 6.45) is 3.58. The van der Waals surface area contributed by atoms with Gasteiger partial charge in [0.15, 0.2) is 0 Å². The van der Waals surface area contributed by atoms with Crippen LogP contribution >= 0.6 is 11.6 Å². The molecule has 2 rings (SSSR count). The third kappa shape index (κ3) is 3.69. The maximum atomic E-state index is 13.1. The highest BCUT2D eigenvalue weighted by Gasteiger charge is 2.34. The largest absolute Gasteiger partial charge is 0.459 e. The lowest BCUT2D eigenvalue weighted by molar-refractivity contribution is -0.00720. The van der Waals surface area contributed by atoms with Crippen LogP contribution in [0.1, 0.15) is 50.4 Å². The van der Waals surface area contributed by atoms with Gasteiger partial charge in [-0.3, -0.25) is 0 Å². The first-order valence-corrected chi connectivity index (χ1v) is 7.17. The minimum atomic E-state index is -0.600. The van der Waals surface area contributed by atoms with Crippen molar-refractivity contribution >= 4 is 17.6 Å². The summed E-state index contributed by atoms with van der Waals surface area (Å²) in [5.41, 5.74) is 0.134. The van der Waals surface area contributed by atoms with Crippen LogP contribution < -0.4 is 0 Å². The highest BCUT2D eigenvalue weighted by Crippen LogP contribution is 2.40. The molecule has 1 aliphatic rings. The SMILES string of the molecule is CC1CC(OC(=O)c2cc(F)cnc2Cl)CC(C)(C)C1. The average molecular weight is 300 g/mol. The van der Waals surface area contributed by atoms with Crippen LogP contribution in [0, 0.1) is 17.2 Å². The first kappa shape index (κ1) is 15.2. The molecule has 1 aliphatic carbocycles. The number of ether oxygens (including phenoxy) is 1. The Morgan fingerprint density at radius 1 is 1.50 bits per heavy atom. The summed E-state index contributed by atoms with van der Waals surface area (Å²) in [6.45, 7) is 6.49. The fraction of sp³-hybridized carbons (Fsp3) is 0.600. The molecule has 0 bridgehead atoms. The molecule has 0 N–H and O–H groups in total. The lowest BCUT2D eigenvalue weighted by atomic mass is 9.71. The second-order valence-electron chi connectivity index (χ2n) is 6.43. The number of halogens is 2. The molecule has 3 nitrogen and oxygen atoms in total. The van der Waals surface area contributed by atoms with E-state index in [2.05, 4.69) is 25.8 Å². The Labute approximate surface area is 123 Å². The summed E-state index contributed by atoms with van der Waals surface area (Å²) in [6, 6.07) is 1.06. The summed E-state index contributed by atoms with van der Waals surface area (Å²) in [7, 11) is 0. The van der Waals surface area contributed by atoms with E-state index in [4.69, 9.17) is 16.3 Å². The Morgan fingerprint density at radius 2 is 2.20 bits per heavy atom. The van der Waals surface area contributed by atoms with Gasteiger partial charge in [0, 0.05) is 0 Å². The molecule has 110 valence electrons. The third-order valence-electron chi connectivity index (χ3n) is 3.65. The zero-order valence-electron chi connectivity index (χ0n) is 12.0. The van der Waals surface area contributed by atoms with Gasteiger partial charge in [0.25, 0.3) is 0 Å². The summed E-state index contributed by atoms with van der Waals surface area (Å²) in [4.78, 5) is 15.7. The summed E-state index contributed by atoms with van der Waals surface area (Å²) in [5.74, 6) is -0.701. The predicted octanol–water partition coefficient (Wildman–Crippen LogP) is 4.25. The highest BCUT2D eigenvalue weighted by atomic mass is 35.5. The molecule has 20 heavy (non-hydrogen) atoms. The molecule has 1 aromatic rings. The maximum absolute atomic E-state index is 13.1. The van der Waals surface area contributed by atoms with E-state index in [0.717, 1.165) is 31.5 Å². The van der Waals surface area contributed by atoms with Gasteiger partial charge < -0.3 is 4.74 Å². The lowest BCUT2D eigenvalue weighted by Gasteiger charge is -2.38. The van der Waals surface area contributed by atoms with E-state index in [1.165, 1.54) is 0 Å². The molecule has 5 heteroatoms. The van der Waals surface area contributed by atoms with Crippen molar-refractivity contribution in [2.24, 2.45) is 11.3 Å². The van der Waals surface area contributed by atoms with E-state index in [1.807, 2.05) is 0 Å². The van der Waals surface area contributed by atoms with Gasteiger partial charge in [0.05, 0.1) is 11.8 Å². The molecule has 0 radical (unpaired) electrons. The van der Waals surface area contributed by atoms with Crippen molar-refractivity contribution in [3.05, 3.63) is 28.8 Å². The smallest absolute Gasteiger partial charge is 0.341 e. The topological polar surface area (TPSA) is 39.2 Å². The number of aromatic nitrogens is 1. The van der Waals surface area contributed by atoms with Crippen molar-refractivity contribution in [3.8, 4) is 0 Å². The third-order valence-corrected chi connectivity index (χ3v) is 3.95. The standard InChI is InChI=1S/C15H19ClFNO2/c1-9-4-11(7-15(2,3)6-9)20-14(19)12-5-10(17)8-18-13(12)16/h5,8-9,11H,4,6-7H2,1-3H3. The van der Waals surface area contributed by atoms with E-state index in [9.17, 15) is 9.18 Å². The van der Waals surface area contributed by atoms with Gasteiger partial charge in [0.2, 0.25) is 0 Å². The van der Waals surface area contributed by atoms with E-state index >= 15 is 0 Å². The maximum Gasteiger partial charge on any atom is 0.341 e. The molecule has 0 spiro atoms. The van der Waals surface area contributed by atoms with E-state index in [1.54, 1.807) is 0 Å². The van der Waals surface area contributed by atoms with Crippen LogP contribution in [-0.2, 0) is 4.74 Å². The zero-order chi connectivity index (χ0) is 14.9. The van der Waals surface area contributed by atoms with Gasteiger partial charge in [-0.2, -0.15) is 0 Å². The molecule has 1 saturated carbocycles. The van der Waals surface area contributed by atoms with Crippen LogP contribution in [0.5, 0.6) is 0 Å². The van der Waals surface area contributed by atoms with Gasteiger partial charge in [-0.05, 0) is 36.7 Å². The van der Waals surface area contributed by atoms with Crippen molar-refractivity contribution in [3.63, 3.8) is 0 Å². The Bertz CT molecular complexity index is 519. The van der Waals surface area contributed by atoms with Crippen molar-refractivity contribution in [2.75, 3.05) is 0 Å². The van der Waals surface area contributed by atoms with Crippen LogP contribution in [0.2, 0.25) is 5.15 Å². The summed E-state index contributed by atoms with van der Waals surface area (Å²) in [5, 5.41) is -0.0282. The molecular formula is C15H19ClFNO2. The van der Waals surface area contributed by atoms with Crippen molar-refractivity contribution in [2.45, 2.75) is 46.1 Å². The van der Waals surface area contributed by atoms with Gasteiger partial charge >= 0.3 is 5.97 Å². The van der Waals surface area contributed by atoms with E-state index in [0.29, 0.717) is 5.92 Å². The number of hydrogen-bond donors (Lipinski definition) is 0. The number of hydrogen-bond acceptors (Lipinski definition) is 3. The number of rotatable bonds is 2. The molecule has 1 heterocycles. The number of esters is 1. The fourth-order valence-electron chi connectivity index (χ4n) is 3.13. The number of carbonyl (C=O) groups is 1. The zero-order valence-corrected chi connectivity index (χ0v) is 12.7. The van der Waals surface area contributed by atoms with Gasteiger partial charge in [-0.15, -0.1) is 0 Å². The molecule has 0 aromatic carbocycles. The molecule has 0 saturated heterocycles. The van der Waals surface area contributed by atoms with Gasteiger partial charge in [-0.25, -0.2) is 14.2 Å². The van der Waals surface area contributed by atoms with Crippen LogP contribution in [0.3, 0.4) is 0 Å². The van der Waals surface area contributed by atoms with Crippen LogP contribution in [0.15, 0.2) is 12.3 Å². The molecule has 1 fully saturated rings. The van der Waals surface area contributed by atoms with Crippen LogP contribution in [-0.4, -0.2) is 17.1 Å². The minimum absolute atomic E-state index is 0.0114. The first-order chi connectivity index (χ1) is 9.27. The van der Waals surface area contributed by atoms with E-state index < -0.39 is 11.8 Å². The quantitative estimate of drug-likeness (QED) is 0.605. The molecule has 1 aromatic heterocycles. The number of nitrogens with zero attached hydrogens (tertiary/aromatic N) is 1. The van der Waals surface area contributed by atoms with Crippen LogP contribution in [0.4, 0.5) is 4.39 Å². The lowest BCUT2D eigenvalue weighted by Crippen LogP contribution is -2.34. The van der Waals surface area contributed by atoms with Gasteiger partial charge in [-0.1, -0.05) is 32.4 Å². The second-order valence-corrected chi connectivity index (χ2v) is 6.79. The second kappa shape index (κ2) is 5.68. The molecule has 0 aliphatic heterocycles. The predicted molar refractivity (Wildman–Crippen MR) is 75.2 cm³/mol. The fourth-order valence-corrected chi connectivity index (χ4v) is 3.31. The minimum Gasteiger partial charge on any atom is -0.459 e. The molecular weight excluding hydrogens is 281 g/mol. The molecule has 0 amide bonds. The Hall–Kier alpha value is -1.16. The van der Waals surface area contributed by atoms with Crippen molar-refractivity contribution in [1.82, 2.24) is 4.98 Å². The van der Waals surface area contributed by atoms with E-state index in [-0.39, 0.29) is 22.2 Å². The monoisotopic (exact) mass is 299 g/mol.